The van der Waals surface area contributed by atoms with E-state index in [9.17, 15) is 9.90 Å². The Kier molecular flexibility index (Phi) is 8.21. The lowest BCUT2D eigenvalue weighted by Crippen LogP contribution is -2.12. The van der Waals surface area contributed by atoms with Gasteiger partial charge in [0.05, 0.1) is 6.42 Å². The first kappa shape index (κ1) is 26.5. The van der Waals surface area contributed by atoms with Crippen molar-refractivity contribution in [3.05, 3.63) is 112 Å². The van der Waals surface area contributed by atoms with Crippen LogP contribution >= 0.6 is 23.4 Å². The van der Waals surface area contributed by atoms with E-state index in [0.29, 0.717) is 10.3 Å². The lowest BCUT2D eigenvalue weighted by Gasteiger charge is -2.21. The third-order valence-corrected chi connectivity index (χ3v) is 9.41. The predicted molar refractivity (Wildman–Crippen MR) is 160 cm³/mol. The molecule has 5 rings (SSSR count). The molecule has 0 saturated heterocycles. The monoisotopic (exact) mass is 542 g/mol. The highest BCUT2D eigenvalue weighted by atomic mass is 35.5. The van der Waals surface area contributed by atoms with Crippen LogP contribution in [-0.4, -0.2) is 16.8 Å². The van der Waals surface area contributed by atoms with E-state index in [1.54, 1.807) is 0 Å². The summed E-state index contributed by atoms with van der Waals surface area (Å²) in [5, 5.41) is 11.5. The van der Waals surface area contributed by atoms with Gasteiger partial charge in [0.15, 0.2) is 0 Å². The Balaban J connectivity index is 1.35. The Labute approximate surface area is 234 Å². The van der Waals surface area contributed by atoms with Crippen molar-refractivity contribution >= 4 is 52.4 Å². The average molecular weight is 543 g/mol. The van der Waals surface area contributed by atoms with Crippen molar-refractivity contribution < 1.29 is 14.9 Å². The zero-order valence-corrected chi connectivity index (χ0v) is 23.2. The van der Waals surface area contributed by atoms with Gasteiger partial charge in [-0.3, -0.25) is 4.79 Å². The summed E-state index contributed by atoms with van der Waals surface area (Å²) >= 11 is 8.11. The van der Waals surface area contributed by atoms with Crippen LogP contribution in [0.5, 0.6) is 0 Å². The van der Waals surface area contributed by atoms with Gasteiger partial charge in [-0.1, -0.05) is 60.1 Å². The number of aromatic amines is 1. The summed E-state index contributed by atoms with van der Waals surface area (Å²) < 4.78 is 0. The number of benzene rings is 3. The molecule has 5 heteroatoms. The van der Waals surface area contributed by atoms with Crippen molar-refractivity contribution in [1.82, 2.24) is 0 Å². The molecule has 194 valence electrons. The first-order valence-electron chi connectivity index (χ1n) is 13.2. The molecule has 1 aliphatic rings. The number of carboxylic acid groups (broad SMARTS) is 1. The van der Waals surface area contributed by atoms with Gasteiger partial charge in [-0.05, 0) is 84.6 Å². The Morgan fingerprint density at radius 1 is 1.05 bits per heavy atom. The summed E-state index contributed by atoms with van der Waals surface area (Å²) in [5.41, 5.74) is 7.15. The molecule has 1 fully saturated rings. The second-order valence-electron chi connectivity index (χ2n) is 10.5. The second-order valence-corrected chi connectivity index (χ2v) is 12.1. The average Bonchev–Trinajstić information content (AvgIpc) is 3.67. The number of aromatic nitrogens is 1. The third kappa shape index (κ3) is 6.86. The molecule has 1 atom stereocenters. The Hall–Kier alpha value is -3.08. The van der Waals surface area contributed by atoms with E-state index in [1.807, 2.05) is 30.0 Å². The number of hydrogen-bond donors (Lipinski definition) is 1. The van der Waals surface area contributed by atoms with E-state index < -0.39 is 5.97 Å². The van der Waals surface area contributed by atoms with Gasteiger partial charge in [0.2, 0.25) is 11.2 Å². The molecule has 3 aromatic carbocycles. The number of fused-ring (bicyclic) bond motifs is 1. The van der Waals surface area contributed by atoms with Gasteiger partial charge in [0.25, 0.3) is 0 Å². The first-order chi connectivity index (χ1) is 18.4. The quantitative estimate of drug-likeness (QED) is 0.207. The molecular weight excluding hydrogens is 510 g/mol. The fourth-order valence-corrected chi connectivity index (χ4v) is 6.72. The molecule has 0 aliphatic heterocycles. The Morgan fingerprint density at radius 3 is 2.66 bits per heavy atom. The lowest BCUT2D eigenvalue weighted by atomic mass is 9.99. The lowest BCUT2D eigenvalue weighted by molar-refractivity contribution is -0.347. The van der Waals surface area contributed by atoms with Gasteiger partial charge < -0.3 is 5.11 Å². The molecule has 1 heterocycles. The van der Waals surface area contributed by atoms with Crippen molar-refractivity contribution in [2.45, 2.75) is 44.3 Å². The van der Waals surface area contributed by atoms with E-state index in [1.165, 1.54) is 16.7 Å². The van der Waals surface area contributed by atoms with Crippen LogP contribution in [0.1, 0.15) is 58.9 Å². The van der Waals surface area contributed by atoms with Crippen molar-refractivity contribution in [2.24, 2.45) is 5.41 Å². The minimum absolute atomic E-state index is 0.0241. The molecule has 2 N–H and O–H groups in total. The fraction of sp³-hybridized carbons (Fsp3) is 0.273. The molecule has 0 radical (unpaired) electrons. The van der Waals surface area contributed by atoms with Crippen LogP contribution in [-0.2, 0) is 11.2 Å². The highest BCUT2D eigenvalue weighted by Gasteiger charge is 2.44. The van der Waals surface area contributed by atoms with E-state index in [0.717, 1.165) is 53.6 Å². The number of carboxylic acids is 1. The van der Waals surface area contributed by atoms with Crippen molar-refractivity contribution in [3.63, 3.8) is 0 Å². The topological polar surface area (TPSA) is 51.4 Å². The van der Waals surface area contributed by atoms with E-state index in [4.69, 9.17) is 11.6 Å². The van der Waals surface area contributed by atoms with Crippen LogP contribution in [0.3, 0.4) is 0 Å². The SMILES string of the molecule is Cc1ccccc1CC[C@@H](SCC1(CC(=O)O)CC1)c1cccc(/C=C/c2ccc3ccc(Cl)cc3[nH+]2)c1. The van der Waals surface area contributed by atoms with Crippen molar-refractivity contribution in [2.75, 3.05) is 5.75 Å². The first-order valence-corrected chi connectivity index (χ1v) is 14.6. The van der Waals surface area contributed by atoms with Crippen LogP contribution in [0.4, 0.5) is 0 Å². The number of aryl methyl sites for hydroxylation is 2. The number of rotatable bonds is 11. The molecule has 0 bridgehead atoms. The zero-order chi connectivity index (χ0) is 26.5. The van der Waals surface area contributed by atoms with Crippen LogP contribution in [0.25, 0.3) is 23.1 Å². The van der Waals surface area contributed by atoms with E-state index >= 15 is 0 Å². The van der Waals surface area contributed by atoms with Crippen molar-refractivity contribution in [3.8, 4) is 0 Å². The molecule has 0 amide bonds. The summed E-state index contributed by atoms with van der Waals surface area (Å²) in [6.45, 7) is 2.17. The van der Waals surface area contributed by atoms with Gasteiger partial charge in [0.1, 0.15) is 0 Å². The predicted octanol–water partition coefficient (Wildman–Crippen LogP) is 8.45. The van der Waals surface area contributed by atoms with Crippen LogP contribution in [0.15, 0.2) is 78.9 Å². The number of halogens is 1. The standard InChI is InChI=1S/C33H32ClNO2S/c1-23-5-2-3-7-25(23)12-16-31(38-22-33(17-18-33)21-32(36)37)27-8-4-6-24(19-27)9-14-29-15-11-26-10-13-28(34)20-30(26)35-29/h2-11,13-15,19-20,31H,12,16-18,21-22H2,1H3,(H,36,37)/p+1/b14-9+/t31-/m1/s1. The minimum Gasteiger partial charge on any atom is -0.481 e. The van der Waals surface area contributed by atoms with Gasteiger partial charge in [-0.15, -0.1) is 0 Å². The minimum atomic E-state index is -0.681. The Bertz CT molecular complexity index is 1480. The highest BCUT2D eigenvalue weighted by Crippen LogP contribution is 2.53. The highest BCUT2D eigenvalue weighted by molar-refractivity contribution is 7.99. The molecule has 4 aromatic rings. The molecule has 1 aromatic heterocycles. The van der Waals surface area contributed by atoms with E-state index in [-0.39, 0.29) is 11.8 Å². The number of carbonyl (C=O) groups is 1. The molecule has 3 nitrogen and oxygen atoms in total. The summed E-state index contributed by atoms with van der Waals surface area (Å²) in [6, 6.07) is 27.4. The van der Waals surface area contributed by atoms with E-state index in [2.05, 4.69) is 84.7 Å². The molecule has 0 unspecified atom stereocenters. The summed E-state index contributed by atoms with van der Waals surface area (Å²) in [7, 11) is 0. The smallest absolute Gasteiger partial charge is 0.303 e. The zero-order valence-electron chi connectivity index (χ0n) is 21.6. The number of nitrogens with one attached hydrogen (secondary N) is 1. The second kappa shape index (κ2) is 11.8. The third-order valence-electron chi connectivity index (χ3n) is 7.49. The van der Waals surface area contributed by atoms with Gasteiger partial charge in [0, 0.05) is 39.6 Å². The maximum atomic E-state index is 11.4. The number of hydrogen-bond acceptors (Lipinski definition) is 2. The normalized spacial score (nSPS) is 15.1. The maximum Gasteiger partial charge on any atom is 0.303 e. The van der Waals surface area contributed by atoms with Gasteiger partial charge in [-0.25, -0.2) is 4.98 Å². The largest absolute Gasteiger partial charge is 0.481 e. The maximum absolute atomic E-state index is 11.4. The van der Waals surface area contributed by atoms with Gasteiger partial charge >= 0.3 is 5.97 Å². The van der Waals surface area contributed by atoms with Crippen LogP contribution < -0.4 is 4.98 Å². The Morgan fingerprint density at radius 2 is 1.87 bits per heavy atom. The number of thioether (sulfide) groups is 1. The number of aliphatic carboxylic acids is 1. The molecule has 0 spiro atoms. The molecule has 1 saturated carbocycles. The van der Waals surface area contributed by atoms with Gasteiger partial charge in [-0.2, -0.15) is 11.8 Å². The number of pyridine rings is 1. The van der Waals surface area contributed by atoms with Crippen molar-refractivity contribution in [1.29, 1.82) is 0 Å². The molecular formula is C33H33ClNO2S+. The summed E-state index contributed by atoms with van der Waals surface area (Å²) in [6.07, 6.45) is 8.58. The fourth-order valence-electron chi connectivity index (χ4n) is 4.98. The summed E-state index contributed by atoms with van der Waals surface area (Å²) in [4.78, 5) is 14.9. The van der Waals surface area contributed by atoms with Crippen LogP contribution in [0, 0.1) is 12.3 Å². The summed E-state index contributed by atoms with van der Waals surface area (Å²) in [5.74, 6) is 0.214. The number of H-pyrrole nitrogens is 1. The van der Waals surface area contributed by atoms with Crippen LogP contribution in [0.2, 0.25) is 5.02 Å². The molecule has 38 heavy (non-hydrogen) atoms. The molecule has 1 aliphatic carbocycles.